The Morgan fingerprint density at radius 1 is 0.429 bits per heavy atom. The molecular formula is C10H22O11. The van der Waals surface area contributed by atoms with Crippen molar-refractivity contribution in [1.82, 2.24) is 0 Å². The van der Waals surface area contributed by atoms with Gasteiger partial charge in [0.05, 0.1) is 0 Å². The maximum absolute atomic E-state index is 9.00. The first-order valence-corrected chi connectivity index (χ1v) is 4.64. The van der Waals surface area contributed by atoms with Gasteiger partial charge >= 0.3 is 0 Å². The second-order valence-electron chi connectivity index (χ2n) is 2.60. The minimum Gasteiger partial charge on any atom is -0.481 e. The highest BCUT2D eigenvalue weighted by Crippen LogP contribution is 1.43. The van der Waals surface area contributed by atoms with Crippen LogP contribution in [0.25, 0.3) is 0 Å². The average Bonchev–Trinajstić information content (AvgIpc) is 1.94. The number of hydrogen-bond acceptors (Lipinski definition) is 5. The molecule has 0 unspecified atom stereocenters. The van der Waals surface area contributed by atoms with E-state index in [1.54, 1.807) is 0 Å². The molecule has 11 nitrogen and oxygen atoms in total. The second-order valence-corrected chi connectivity index (χ2v) is 2.60. The van der Waals surface area contributed by atoms with Crippen molar-refractivity contribution < 1.29 is 55.0 Å². The van der Waals surface area contributed by atoms with Gasteiger partial charge in [0.15, 0.2) is 0 Å². The van der Waals surface area contributed by atoms with Gasteiger partial charge < -0.3 is 31.0 Å². The van der Waals surface area contributed by atoms with Crippen LogP contribution in [0.15, 0.2) is 0 Å². The molecule has 0 rings (SSSR count). The van der Waals surface area contributed by atoms with Crippen LogP contribution in [-0.4, -0.2) is 60.9 Å². The molecule has 0 aliphatic heterocycles. The predicted octanol–water partition coefficient (Wildman–Crippen LogP) is -0.370. The summed E-state index contributed by atoms with van der Waals surface area (Å²) in [7, 11) is 0. The number of carboxylic acids is 5. The highest BCUT2D eigenvalue weighted by Gasteiger charge is 1.66. The number of carbonyl (C=O) groups is 5. The van der Waals surface area contributed by atoms with Crippen molar-refractivity contribution in [3.05, 3.63) is 0 Å². The first kappa shape index (κ1) is 36.2. The molecule has 0 aromatic rings. The molecule has 7 N–H and O–H groups in total. The lowest BCUT2D eigenvalue weighted by molar-refractivity contribution is -0.135. The van der Waals surface area contributed by atoms with Crippen LogP contribution in [0.3, 0.4) is 0 Å². The van der Waals surface area contributed by atoms with Gasteiger partial charge in [-0.2, -0.15) is 0 Å². The zero-order valence-electron chi connectivity index (χ0n) is 12.3. The molecule has 0 aromatic heterocycles. The van der Waals surface area contributed by atoms with Gasteiger partial charge in [0.1, 0.15) is 0 Å². The Kier molecular flexibility index (Phi) is 52.4. The molecule has 0 bridgehead atoms. The van der Waals surface area contributed by atoms with Crippen LogP contribution < -0.4 is 0 Å². The fourth-order valence-corrected chi connectivity index (χ4v) is 0. The van der Waals surface area contributed by atoms with Crippen LogP contribution >= 0.6 is 0 Å². The van der Waals surface area contributed by atoms with Crippen molar-refractivity contribution in [3.63, 3.8) is 0 Å². The van der Waals surface area contributed by atoms with Gasteiger partial charge in [0.2, 0.25) is 0 Å². The highest BCUT2D eigenvalue weighted by molar-refractivity contribution is 5.63. The molecule has 0 atom stereocenters. The lowest BCUT2D eigenvalue weighted by Crippen LogP contribution is -1.78. The van der Waals surface area contributed by atoms with Gasteiger partial charge in [-0.15, -0.1) is 0 Å². The van der Waals surface area contributed by atoms with E-state index in [4.69, 9.17) is 49.5 Å². The topological polar surface area (TPSA) is 218 Å². The Hall–Kier alpha value is -2.69. The van der Waals surface area contributed by atoms with Crippen molar-refractivity contribution in [2.45, 2.75) is 34.6 Å². The minimum absolute atomic E-state index is 0. The Morgan fingerprint density at radius 3 is 0.429 bits per heavy atom. The molecule has 0 amide bonds. The van der Waals surface area contributed by atoms with E-state index in [-0.39, 0.29) is 5.48 Å². The van der Waals surface area contributed by atoms with E-state index in [1.165, 1.54) is 0 Å². The van der Waals surface area contributed by atoms with E-state index in [2.05, 4.69) is 0 Å². The maximum atomic E-state index is 9.00. The zero-order chi connectivity index (χ0) is 17.9. The van der Waals surface area contributed by atoms with E-state index < -0.39 is 29.8 Å². The van der Waals surface area contributed by atoms with Gasteiger partial charge in [-0.25, -0.2) is 0 Å². The molecule has 0 fully saturated rings. The van der Waals surface area contributed by atoms with Crippen LogP contribution in [-0.2, 0) is 24.0 Å². The summed E-state index contributed by atoms with van der Waals surface area (Å²) in [6.07, 6.45) is 0. The summed E-state index contributed by atoms with van der Waals surface area (Å²) in [5, 5.41) is 37.1. The fourth-order valence-electron chi connectivity index (χ4n) is 0. The maximum Gasteiger partial charge on any atom is 0.300 e. The molecule has 0 aliphatic carbocycles. The number of hydrogen-bond donors (Lipinski definition) is 5. The predicted molar refractivity (Wildman–Crippen MR) is 70.2 cm³/mol. The Morgan fingerprint density at radius 2 is 0.429 bits per heavy atom. The van der Waals surface area contributed by atoms with Crippen LogP contribution in [0.2, 0.25) is 0 Å². The van der Waals surface area contributed by atoms with E-state index in [0.29, 0.717) is 0 Å². The van der Waals surface area contributed by atoms with E-state index in [9.17, 15) is 0 Å². The van der Waals surface area contributed by atoms with Crippen LogP contribution in [0.5, 0.6) is 0 Å². The Labute approximate surface area is 120 Å². The molecular weight excluding hydrogens is 296 g/mol. The Balaban J connectivity index is -0.0000000331. The van der Waals surface area contributed by atoms with E-state index in [0.717, 1.165) is 34.6 Å². The number of rotatable bonds is 0. The largest absolute Gasteiger partial charge is 0.481 e. The van der Waals surface area contributed by atoms with Gasteiger partial charge in [-0.1, -0.05) is 0 Å². The number of carboxylic acid groups (broad SMARTS) is 5. The van der Waals surface area contributed by atoms with Crippen LogP contribution in [0.1, 0.15) is 34.6 Å². The molecule has 0 spiro atoms. The third-order valence-electron chi connectivity index (χ3n) is 0. The molecule has 128 valence electrons. The average molecular weight is 318 g/mol. The first-order chi connectivity index (χ1) is 8.66. The zero-order valence-corrected chi connectivity index (χ0v) is 12.3. The Bertz CT molecular complexity index is 206. The highest BCUT2D eigenvalue weighted by atomic mass is 16.4. The second kappa shape index (κ2) is 30.4. The molecule has 0 aromatic carbocycles. The summed E-state index contributed by atoms with van der Waals surface area (Å²) in [5.41, 5.74) is 0. The van der Waals surface area contributed by atoms with Gasteiger partial charge in [-0.3, -0.25) is 24.0 Å². The standard InChI is InChI=1S/5C2H4O2.H2O/c5*1-2(3)4;/h5*1H3,(H,3,4);1H2. The lowest BCUT2D eigenvalue weighted by atomic mass is 10.9. The summed E-state index contributed by atoms with van der Waals surface area (Å²) in [6, 6.07) is 0. The smallest absolute Gasteiger partial charge is 0.300 e. The molecule has 0 saturated carbocycles. The third kappa shape index (κ3) is 561. The summed E-state index contributed by atoms with van der Waals surface area (Å²) >= 11 is 0. The monoisotopic (exact) mass is 318 g/mol. The summed E-state index contributed by atoms with van der Waals surface area (Å²) < 4.78 is 0. The van der Waals surface area contributed by atoms with Crippen molar-refractivity contribution in [2.75, 3.05) is 0 Å². The van der Waals surface area contributed by atoms with Crippen molar-refractivity contribution in [3.8, 4) is 0 Å². The van der Waals surface area contributed by atoms with Crippen LogP contribution in [0, 0.1) is 0 Å². The first-order valence-electron chi connectivity index (χ1n) is 4.64. The normalized spacial score (nSPS) is 5.95. The van der Waals surface area contributed by atoms with E-state index >= 15 is 0 Å². The summed E-state index contributed by atoms with van der Waals surface area (Å²) in [5.74, 6) is -4.17. The molecule has 0 heterocycles. The van der Waals surface area contributed by atoms with Gasteiger partial charge in [0, 0.05) is 34.6 Å². The third-order valence-corrected chi connectivity index (χ3v) is 0. The SMILES string of the molecule is CC(=O)O.CC(=O)O.CC(=O)O.CC(=O)O.CC(=O)O.O. The summed E-state index contributed by atoms with van der Waals surface area (Å²) in [6.45, 7) is 5.42. The van der Waals surface area contributed by atoms with Crippen molar-refractivity contribution >= 4 is 29.8 Å². The van der Waals surface area contributed by atoms with Crippen LogP contribution in [0.4, 0.5) is 0 Å². The van der Waals surface area contributed by atoms with Gasteiger partial charge in [0.25, 0.3) is 29.8 Å². The van der Waals surface area contributed by atoms with E-state index in [1.807, 2.05) is 0 Å². The summed E-state index contributed by atoms with van der Waals surface area (Å²) in [4.78, 5) is 45.0. The molecule has 11 heteroatoms. The minimum atomic E-state index is -0.833. The molecule has 0 saturated heterocycles. The van der Waals surface area contributed by atoms with Crippen molar-refractivity contribution in [1.29, 1.82) is 0 Å². The molecule has 0 radical (unpaired) electrons. The van der Waals surface area contributed by atoms with Gasteiger partial charge in [-0.05, 0) is 0 Å². The fraction of sp³-hybridized carbons (Fsp3) is 0.500. The lowest BCUT2D eigenvalue weighted by Gasteiger charge is -1.59. The quantitative estimate of drug-likeness (QED) is 0.390. The number of aliphatic carboxylic acids is 5. The molecule has 0 aliphatic rings. The van der Waals surface area contributed by atoms with Crippen molar-refractivity contribution in [2.24, 2.45) is 0 Å². The molecule has 21 heavy (non-hydrogen) atoms.